The summed E-state index contributed by atoms with van der Waals surface area (Å²) >= 11 is 0. The molecule has 1 aliphatic rings. The Kier molecular flexibility index (Phi) is 2.22. The Balaban J connectivity index is 2.15. The van der Waals surface area contributed by atoms with E-state index in [-0.39, 0.29) is 5.88 Å². The summed E-state index contributed by atoms with van der Waals surface area (Å²) in [5, 5.41) is 12.5. The van der Waals surface area contributed by atoms with Gasteiger partial charge in [0, 0.05) is 11.3 Å². The van der Waals surface area contributed by atoms with Gasteiger partial charge in [-0.3, -0.25) is 4.79 Å². The van der Waals surface area contributed by atoms with Crippen LogP contribution in [-0.2, 0) is 6.54 Å². The van der Waals surface area contributed by atoms with Crippen LogP contribution in [0.1, 0.15) is 15.9 Å². The van der Waals surface area contributed by atoms with Gasteiger partial charge in [-0.1, -0.05) is 0 Å². The summed E-state index contributed by atoms with van der Waals surface area (Å²) in [7, 11) is 1.53. The number of hydrogen-bond donors (Lipinski definition) is 2. The van der Waals surface area contributed by atoms with Gasteiger partial charge in [0.05, 0.1) is 25.4 Å². The van der Waals surface area contributed by atoms with E-state index in [4.69, 9.17) is 4.74 Å². The van der Waals surface area contributed by atoms with E-state index in [1.54, 1.807) is 16.7 Å². The number of aldehydes is 1. The predicted molar refractivity (Wildman–Crippen MR) is 64.7 cm³/mol. The third-order valence-electron chi connectivity index (χ3n) is 2.96. The van der Waals surface area contributed by atoms with Crippen molar-refractivity contribution < 1.29 is 14.6 Å². The summed E-state index contributed by atoms with van der Waals surface area (Å²) in [5.74, 6) is 1.08. The Hall–Kier alpha value is -2.50. The summed E-state index contributed by atoms with van der Waals surface area (Å²) < 4.78 is 7.05. The van der Waals surface area contributed by atoms with Crippen LogP contribution in [0.15, 0.2) is 18.3 Å². The van der Waals surface area contributed by atoms with Gasteiger partial charge in [0.2, 0.25) is 11.8 Å². The zero-order chi connectivity index (χ0) is 12.7. The largest absolute Gasteiger partial charge is 0.496 e. The molecule has 0 aliphatic carbocycles. The van der Waals surface area contributed by atoms with Gasteiger partial charge in [-0.15, -0.1) is 0 Å². The van der Waals surface area contributed by atoms with Crippen LogP contribution in [0.2, 0.25) is 0 Å². The number of carbonyl (C=O) groups is 1. The number of carbonyl (C=O) groups excluding carboxylic acids is 1. The number of imidazole rings is 1. The van der Waals surface area contributed by atoms with Crippen LogP contribution in [0, 0.1) is 0 Å². The molecule has 0 atom stereocenters. The van der Waals surface area contributed by atoms with Gasteiger partial charge >= 0.3 is 0 Å². The van der Waals surface area contributed by atoms with Crippen LogP contribution in [-0.4, -0.2) is 28.1 Å². The summed E-state index contributed by atoms with van der Waals surface area (Å²) in [6, 6.07) is 3.49. The molecule has 0 spiro atoms. The normalized spacial score (nSPS) is 12.3. The molecule has 2 heterocycles. The second-order valence-corrected chi connectivity index (χ2v) is 4.01. The number of ether oxygens (including phenoxy) is 1. The second kappa shape index (κ2) is 3.76. The Morgan fingerprint density at radius 2 is 2.39 bits per heavy atom. The van der Waals surface area contributed by atoms with Crippen molar-refractivity contribution in [2.45, 2.75) is 6.54 Å². The number of fused-ring (bicyclic) bond motifs is 2. The minimum atomic E-state index is -0.0418. The Morgan fingerprint density at radius 1 is 1.56 bits per heavy atom. The molecular formula is C12H11N3O3. The summed E-state index contributed by atoms with van der Waals surface area (Å²) in [6.07, 6.45) is 2.29. The number of anilines is 2. The van der Waals surface area contributed by atoms with Crippen molar-refractivity contribution >= 4 is 17.9 Å². The minimum absolute atomic E-state index is 0.0418. The van der Waals surface area contributed by atoms with Gasteiger partial charge in [0.15, 0.2) is 6.29 Å². The lowest BCUT2D eigenvalue weighted by atomic mass is 10.1. The number of rotatable bonds is 2. The fraction of sp³-hybridized carbons (Fsp3) is 0.167. The van der Waals surface area contributed by atoms with Gasteiger partial charge in [0.25, 0.3) is 0 Å². The molecular weight excluding hydrogens is 234 g/mol. The number of benzene rings is 1. The van der Waals surface area contributed by atoms with Gasteiger partial charge in [-0.25, -0.2) is 0 Å². The molecule has 1 aliphatic heterocycles. The molecule has 2 N–H and O–H groups in total. The first kappa shape index (κ1) is 10.6. The molecule has 0 bridgehead atoms. The monoisotopic (exact) mass is 245 g/mol. The average Bonchev–Trinajstić information content (AvgIpc) is 2.73. The second-order valence-electron chi connectivity index (χ2n) is 4.01. The van der Waals surface area contributed by atoms with Gasteiger partial charge < -0.3 is 19.7 Å². The molecule has 18 heavy (non-hydrogen) atoms. The molecule has 0 radical (unpaired) electrons. The number of methoxy groups -OCH3 is 1. The van der Waals surface area contributed by atoms with Crippen LogP contribution < -0.4 is 10.1 Å². The van der Waals surface area contributed by atoms with E-state index in [1.807, 2.05) is 0 Å². The quantitative estimate of drug-likeness (QED) is 0.669. The fourth-order valence-electron chi connectivity index (χ4n) is 2.17. The van der Waals surface area contributed by atoms with Crippen molar-refractivity contribution in [2.75, 3.05) is 12.4 Å². The zero-order valence-electron chi connectivity index (χ0n) is 9.67. The van der Waals surface area contributed by atoms with Crippen molar-refractivity contribution in [3.63, 3.8) is 0 Å². The maximum Gasteiger partial charge on any atom is 0.231 e. The van der Waals surface area contributed by atoms with E-state index >= 15 is 0 Å². The van der Waals surface area contributed by atoms with Crippen LogP contribution in [0.5, 0.6) is 11.6 Å². The summed E-state index contributed by atoms with van der Waals surface area (Å²) in [6.45, 7) is 0.496. The first-order chi connectivity index (χ1) is 8.72. The highest BCUT2D eigenvalue weighted by Crippen LogP contribution is 2.36. The van der Waals surface area contributed by atoms with Crippen LogP contribution in [0.25, 0.3) is 0 Å². The third-order valence-corrected chi connectivity index (χ3v) is 2.96. The first-order valence-electron chi connectivity index (χ1n) is 5.41. The summed E-state index contributed by atoms with van der Waals surface area (Å²) in [5.41, 5.74) is 2.20. The average molecular weight is 245 g/mol. The van der Waals surface area contributed by atoms with Crippen LogP contribution in [0.4, 0.5) is 11.6 Å². The molecule has 92 valence electrons. The number of aromatic nitrogens is 2. The molecule has 6 heteroatoms. The molecule has 0 amide bonds. The molecule has 0 fully saturated rings. The number of nitrogens with one attached hydrogen (secondary N) is 1. The van der Waals surface area contributed by atoms with Crippen molar-refractivity contribution in [3.05, 3.63) is 29.5 Å². The fourth-order valence-corrected chi connectivity index (χ4v) is 2.17. The molecule has 6 nitrogen and oxygen atoms in total. The number of hydrogen-bond acceptors (Lipinski definition) is 5. The van der Waals surface area contributed by atoms with E-state index < -0.39 is 0 Å². The SMILES string of the molecule is COc1c(C=O)ccc2c1Cn1cc(O)nc1N2. The minimum Gasteiger partial charge on any atom is -0.496 e. The zero-order valence-corrected chi connectivity index (χ0v) is 9.67. The molecule has 1 aromatic heterocycles. The highest BCUT2D eigenvalue weighted by atomic mass is 16.5. The molecule has 0 saturated heterocycles. The van der Waals surface area contributed by atoms with Crippen molar-refractivity contribution in [1.29, 1.82) is 0 Å². The Morgan fingerprint density at radius 3 is 3.11 bits per heavy atom. The maximum atomic E-state index is 11.0. The van der Waals surface area contributed by atoms with E-state index in [9.17, 15) is 9.90 Å². The van der Waals surface area contributed by atoms with Crippen LogP contribution in [0.3, 0.4) is 0 Å². The van der Waals surface area contributed by atoms with Crippen molar-refractivity contribution in [1.82, 2.24) is 9.55 Å². The lowest BCUT2D eigenvalue weighted by Gasteiger charge is -2.22. The van der Waals surface area contributed by atoms with Crippen molar-refractivity contribution in [3.8, 4) is 11.6 Å². The predicted octanol–water partition coefficient (Wildman–Crippen LogP) is 1.52. The molecule has 3 rings (SSSR count). The topological polar surface area (TPSA) is 76.4 Å². The summed E-state index contributed by atoms with van der Waals surface area (Å²) in [4.78, 5) is 14.9. The Labute approximate surface area is 103 Å². The van der Waals surface area contributed by atoms with E-state index in [0.29, 0.717) is 23.8 Å². The van der Waals surface area contributed by atoms with E-state index in [1.165, 1.54) is 13.3 Å². The smallest absolute Gasteiger partial charge is 0.231 e. The van der Waals surface area contributed by atoms with Gasteiger partial charge in [0.1, 0.15) is 5.75 Å². The van der Waals surface area contributed by atoms with Crippen molar-refractivity contribution in [2.24, 2.45) is 0 Å². The molecule has 1 aromatic carbocycles. The van der Waals surface area contributed by atoms with Crippen LogP contribution >= 0.6 is 0 Å². The number of aromatic hydroxyl groups is 1. The standard InChI is InChI=1S/C12H11N3O3/c1-18-11-7(6-16)2-3-9-8(11)4-15-5-10(17)14-12(15)13-9/h2-3,5-6,17H,4H2,1H3,(H,13,14). The van der Waals surface area contributed by atoms with E-state index in [0.717, 1.165) is 17.5 Å². The molecule has 0 unspecified atom stereocenters. The van der Waals surface area contributed by atoms with E-state index in [2.05, 4.69) is 10.3 Å². The molecule has 0 saturated carbocycles. The maximum absolute atomic E-state index is 11.0. The Bertz CT molecular complexity index is 634. The lowest BCUT2D eigenvalue weighted by Crippen LogP contribution is -2.14. The molecule has 2 aromatic rings. The lowest BCUT2D eigenvalue weighted by molar-refractivity contribution is 0.112. The van der Waals surface area contributed by atoms with Gasteiger partial charge in [-0.05, 0) is 12.1 Å². The highest BCUT2D eigenvalue weighted by molar-refractivity contribution is 5.83. The van der Waals surface area contributed by atoms with Gasteiger partial charge in [-0.2, -0.15) is 4.98 Å². The first-order valence-corrected chi connectivity index (χ1v) is 5.41. The third kappa shape index (κ3) is 1.42. The number of nitrogens with zero attached hydrogens (tertiary/aromatic N) is 2. The highest BCUT2D eigenvalue weighted by Gasteiger charge is 2.21.